The summed E-state index contributed by atoms with van der Waals surface area (Å²) in [5.74, 6) is -0.639. The van der Waals surface area contributed by atoms with Crippen LogP contribution in [0.1, 0.15) is 13.8 Å². The van der Waals surface area contributed by atoms with Gasteiger partial charge < -0.3 is 4.74 Å². The number of carbonyl (C=O) groups excluding carboxylic acids is 1. The molecule has 0 aliphatic carbocycles. The Hall–Kier alpha value is 0.690. The van der Waals surface area contributed by atoms with Crippen LogP contribution in [0.5, 0.6) is 0 Å². The van der Waals surface area contributed by atoms with Crippen LogP contribution in [-0.2, 0) is 9.53 Å². The fourth-order valence-corrected chi connectivity index (χ4v) is 0.942. The highest BCUT2D eigenvalue weighted by Crippen LogP contribution is 2.62. The van der Waals surface area contributed by atoms with Crippen molar-refractivity contribution in [1.29, 1.82) is 0 Å². The molecule has 0 N–H and O–H groups in total. The van der Waals surface area contributed by atoms with Crippen LogP contribution in [0.15, 0.2) is 0 Å². The normalized spacial score (nSPS) is 13.3. The quantitative estimate of drug-likeness (QED) is 0.706. The lowest BCUT2D eigenvalue weighted by molar-refractivity contribution is -0.145. The van der Waals surface area contributed by atoms with E-state index in [2.05, 4.69) is 4.74 Å². The average Bonchev–Trinajstić information content (AvgIpc) is 1.80. The molecule has 0 heterocycles. The summed E-state index contributed by atoms with van der Waals surface area (Å²) in [6.45, 7) is 3.44. The van der Waals surface area contributed by atoms with Crippen molar-refractivity contribution < 1.29 is 9.53 Å². The minimum atomic E-state index is -2.28. The summed E-state index contributed by atoms with van der Waals surface area (Å²) in [7, 11) is 14.0. The van der Waals surface area contributed by atoms with Crippen molar-refractivity contribution in [1.82, 2.24) is 0 Å². The number of hydrogen-bond donors (Lipinski definition) is 0. The summed E-state index contributed by atoms with van der Waals surface area (Å²) in [5.41, 5.74) is 0. The smallest absolute Gasteiger partial charge is 0.309 e. The molecular formula is C5H9Cl3O2S. The summed E-state index contributed by atoms with van der Waals surface area (Å²) < 4.78 is 4.67. The molecule has 0 saturated heterocycles. The molecular weight excluding hydrogens is 230 g/mol. The molecule has 0 aromatic carbocycles. The van der Waals surface area contributed by atoms with Gasteiger partial charge in [0.15, 0.2) is 5.94 Å². The molecule has 0 amide bonds. The zero-order valence-electron chi connectivity index (χ0n) is 6.14. The molecule has 0 aliphatic rings. The van der Waals surface area contributed by atoms with E-state index in [0.717, 1.165) is 0 Å². The van der Waals surface area contributed by atoms with Crippen LogP contribution in [0.2, 0.25) is 0 Å². The van der Waals surface area contributed by atoms with Crippen LogP contribution in [0.4, 0.5) is 0 Å². The van der Waals surface area contributed by atoms with Gasteiger partial charge in [0.25, 0.3) is 0 Å². The predicted octanol–water partition coefficient (Wildman–Crippen LogP) is 3.41. The van der Waals surface area contributed by atoms with Crippen LogP contribution >= 0.6 is 39.7 Å². The Morgan fingerprint density at radius 3 is 2.18 bits per heavy atom. The second kappa shape index (κ2) is 4.65. The van der Waals surface area contributed by atoms with E-state index in [1.165, 1.54) is 0 Å². The zero-order chi connectivity index (χ0) is 9.07. The molecule has 6 heteroatoms. The van der Waals surface area contributed by atoms with Crippen molar-refractivity contribution >= 4 is 45.7 Å². The monoisotopic (exact) mass is 238 g/mol. The van der Waals surface area contributed by atoms with Gasteiger partial charge in [0.05, 0.1) is 5.92 Å². The Kier molecular flexibility index (Phi) is 4.94. The first kappa shape index (κ1) is 11.7. The van der Waals surface area contributed by atoms with Gasteiger partial charge >= 0.3 is 5.97 Å². The summed E-state index contributed by atoms with van der Waals surface area (Å²) >= 11 is 0. The number of ether oxygens (including phenoxy) is 1. The number of rotatable bonds is 3. The Morgan fingerprint density at radius 2 is 1.91 bits per heavy atom. The van der Waals surface area contributed by atoms with Crippen molar-refractivity contribution in [3.8, 4) is 0 Å². The fraction of sp³-hybridized carbons (Fsp3) is 0.800. The van der Waals surface area contributed by atoms with Gasteiger partial charge in [-0.1, -0.05) is 13.8 Å². The van der Waals surface area contributed by atoms with E-state index < -0.39 is 7.67 Å². The highest BCUT2D eigenvalue weighted by Gasteiger charge is 2.17. The molecule has 0 fully saturated rings. The van der Waals surface area contributed by atoms with Crippen LogP contribution in [0, 0.1) is 5.92 Å². The maximum Gasteiger partial charge on any atom is 0.309 e. The summed E-state index contributed by atoms with van der Waals surface area (Å²) in [5, 5.41) is 0. The first-order valence-electron chi connectivity index (χ1n) is 2.89. The SMILES string of the molecule is CC(C)C(=O)OCS(Cl)(Cl)Cl. The van der Waals surface area contributed by atoms with Gasteiger partial charge in [-0.2, -0.15) is 0 Å². The van der Waals surface area contributed by atoms with E-state index in [9.17, 15) is 4.79 Å². The molecule has 0 spiro atoms. The molecule has 0 saturated carbocycles. The maximum absolute atomic E-state index is 10.8. The summed E-state index contributed by atoms with van der Waals surface area (Å²) in [6, 6.07) is 0. The number of carbonyl (C=O) groups is 1. The van der Waals surface area contributed by atoms with Crippen molar-refractivity contribution in [2.45, 2.75) is 13.8 Å². The van der Waals surface area contributed by atoms with E-state index in [0.29, 0.717) is 0 Å². The number of esters is 1. The van der Waals surface area contributed by atoms with Gasteiger partial charge in [-0.3, -0.25) is 4.79 Å². The zero-order valence-corrected chi connectivity index (χ0v) is 9.23. The molecule has 0 aromatic heterocycles. The molecule has 2 nitrogen and oxygen atoms in total. The van der Waals surface area contributed by atoms with Gasteiger partial charge in [0.2, 0.25) is 0 Å². The molecule has 68 valence electrons. The van der Waals surface area contributed by atoms with Gasteiger partial charge in [0.1, 0.15) is 0 Å². The fourth-order valence-electron chi connectivity index (χ4n) is 0.292. The maximum atomic E-state index is 10.8. The Labute approximate surface area is 81.0 Å². The second-order valence-electron chi connectivity index (χ2n) is 2.24. The molecule has 0 aliphatic heterocycles. The van der Waals surface area contributed by atoms with Gasteiger partial charge in [-0.15, -0.1) is 0 Å². The first-order chi connectivity index (χ1) is 4.83. The number of halogens is 3. The lowest BCUT2D eigenvalue weighted by Gasteiger charge is -2.15. The third kappa shape index (κ3) is 7.06. The predicted molar refractivity (Wildman–Crippen MR) is 50.9 cm³/mol. The van der Waals surface area contributed by atoms with E-state index in [1.54, 1.807) is 13.8 Å². The number of hydrogen-bond acceptors (Lipinski definition) is 2. The standard InChI is InChI=1S/C5H9Cl3O2S/c1-4(2)5(9)10-3-11(6,7)8/h4H,3H2,1-2H3. The average molecular weight is 240 g/mol. The molecule has 0 bridgehead atoms. The Bertz CT molecular complexity index is 143. The molecule has 0 aromatic rings. The third-order valence-electron chi connectivity index (χ3n) is 0.806. The highest BCUT2D eigenvalue weighted by atomic mass is 36.2. The molecule has 0 atom stereocenters. The Balaban J connectivity index is 3.64. The lowest BCUT2D eigenvalue weighted by Crippen LogP contribution is -2.12. The van der Waals surface area contributed by atoms with Crippen molar-refractivity contribution in [2.24, 2.45) is 5.92 Å². The van der Waals surface area contributed by atoms with Crippen LogP contribution < -0.4 is 0 Å². The molecule has 0 rings (SSSR count). The molecule has 0 unspecified atom stereocenters. The van der Waals surface area contributed by atoms with E-state index in [-0.39, 0.29) is 17.8 Å². The third-order valence-corrected chi connectivity index (χ3v) is 1.99. The first-order valence-corrected chi connectivity index (χ1v) is 7.17. The second-order valence-corrected chi connectivity index (χ2v) is 9.64. The van der Waals surface area contributed by atoms with Crippen molar-refractivity contribution in [2.75, 3.05) is 5.94 Å². The van der Waals surface area contributed by atoms with Crippen molar-refractivity contribution in [3.05, 3.63) is 0 Å². The van der Waals surface area contributed by atoms with Crippen molar-refractivity contribution in [3.63, 3.8) is 0 Å². The van der Waals surface area contributed by atoms with E-state index in [4.69, 9.17) is 32.0 Å². The highest BCUT2D eigenvalue weighted by molar-refractivity contribution is 8.78. The minimum absolute atomic E-state index is 0.116. The Morgan fingerprint density at radius 1 is 1.45 bits per heavy atom. The van der Waals surface area contributed by atoms with E-state index >= 15 is 0 Å². The van der Waals surface area contributed by atoms with E-state index in [1.807, 2.05) is 0 Å². The topological polar surface area (TPSA) is 26.3 Å². The molecule has 11 heavy (non-hydrogen) atoms. The van der Waals surface area contributed by atoms with Crippen LogP contribution in [0.25, 0.3) is 0 Å². The van der Waals surface area contributed by atoms with Gasteiger partial charge in [0, 0.05) is 7.67 Å². The van der Waals surface area contributed by atoms with Gasteiger partial charge in [-0.25, -0.2) is 0 Å². The minimum Gasteiger partial charge on any atom is -0.453 e. The largest absolute Gasteiger partial charge is 0.453 e. The molecule has 0 radical (unpaired) electrons. The van der Waals surface area contributed by atoms with Crippen LogP contribution in [0.3, 0.4) is 0 Å². The van der Waals surface area contributed by atoms with Crippen LogP contribution in [-0.4, -0.2) is 11.9 Å². The summed E-state index contributed by atoms with van der Waals surface area (Å²) in [4.78, 5) is 10.8. The lowest BCUT2D eigenvalue weighted by atomic mass is 10.2. The van der Waals surface area contributed by atoms with Gasteiger partial charge in [-0.05, 0) is 32.0 Å². The summed E-state index contributed by atoms with van der Waals surface area (Å²) in [6.07, 6.45) is 0.